The zero-order chi connectivity index (χ0) is 28.3. The molecule has 6 rings (SSSR count). The Balaban J connectivity index is 1.50. The van der Waals surface area contributed by atoms with Gasteiger partial charge in [0.25, 0.3) is 11.5 Å². The fourth-order valence-electron chi connectivity index (χ4n) is 5.38. The Kier molecular flexibility index (Phi) is 5.88. The first kappa shape index (κ1) is 25.2. The average molecular weight is 533 g/mol. The molecule has 0 N–H and O–H groups in total. The molecule has 0 saturated carbocycles. The van der Waals surface area contributed by atoms with Gasteiger partial charge in [-0.3, -0.25) is 9.59 Å². The van der Waals surface area contributed by atoms with Crippen molar-refractivity contribution in [3.8, 4) is 24.0 Å². The van der Waals surface area contributed by atoms with E-state index in [2.05, 4.69) is 21.0 Å². The van der Waals surface area contributed by atoms with Crippen molar-refractivity contribution in [2.24, 2.45) is 7.05 Å². The van der Waals surface area contributed by atoms with Gasteiger partial charge in [0, 0.05) is 35.5 Å². The van der Waals surface area contributed by atoms with Crippen LogP contribution in [0.5, 0.6) is 0 Å². The summed E-state index contributed by atoms with van der Waals surface area (Å²) in [5.41, 5.74) is 6.63. The molecular formula is C30H28N8O2. The number of fused-ring (bicyclic) bond motifs is 2. The molecule has 0 fully saturated rings. The van der Waals surface area contributed by atoms with Crippen LogP contribution in [0, 0.1) is 33.1 Å². The number of pyridine rings is 1. The number of rotatable bonds is 3. The second-order valence-corrected chi connectivity index (χ2v) is 10.4. The summed E-state index contributed by atoms with van der Waals surface area (Å²) in [5, 5.41) is 4.62. The van der Waals surface area contributed by atoms with Crippen molar-refractivity contribution in [1.82, 2.24) is 38.8 Å². The topological polar surface area (TPSA) is 104 Å². The van der Waals surface area contributed by atoms with E-state index in [-0.39, 0.29) is 24.1 Å². The van der Waals surface area contributed by atoms with Crippen LogP contribution in [0.1, 0.15) is 51.1 Å². The van der Waals surface area contributed by atoms with Gasteiger partial charge in [0.15, 0.2) is 5.65 Å². The molecular weight excluding hydrogens is 504 g/mol. The number of terminal acetylenes is 1. The molecule has 1 atom stereocenters. The molecule has 0 aliphatic carbocycles. The number of carbonyl (C=O) groups is 1. The number of aryl methyl sites for hydroxylation is 4. The first-order chi connectivity index (χ1) is 19.2. The maximum atomic E-state index is 14.2. The van der Waals surface area contributed by atoms with Crippen LogP contribution in [0.2, 0.25) is 0 Å². The second-order valence-electron chi connectivity index (χ2n) is 10.4. The average Bonchev–Trinajstić information content (AvgIpc) is 3.48. The van der Waals surface area contributed by atoms with Crippen LogP contribution in [-0.4, -0.2) is 50.7 Å². The second kappa shape index (κ2) is 9.31. The van der Waals surface area contributed by atoms with Crippen molar-refractivity contribution in [1.29, 1.82) is 0 Å². The third-order valence-corrected chi connectivity index (χ3v) is 7.48. The molecule has 1 amide bonds. The number of hydrogen-bond donors (Lipinski definition) is 0. The van der Waals surface area contributed by atoms with Gasteiger partial charge < -0.3 is 9.47 Å². The highest BCUT2D eigenvalue weighted by Gasteiger charge is 2.32. The maximum Gasteiger partial charge on any atom is 0.263 e. The van der Waals surface area contributed by atoms with Crippen molar-refractivity contribution in [2.75, 3.05) is 0 Å². The van der Waals surface area contributed by atoms with Crippen molar-refractivity contribution >= 4 is 17.1 Å². The van der Waals surface area contributed by atoms with Crippen molar-refractivity contribution in [2.45, 2.75) is 46.7 Å². The molecule has 1 unspecified atom stereocenters. The predicted molar refractivity (Wildman–Crippen MR) is 151 cm³/mol. The minimum atomic E-state index is -0.216. The minimum Gasteiger partial charge on any atom is -0.330 e. The first-order valence-electron chi connectivity index (χ1n) is 13.0. The van der Waals surface area contributed by atoms with Crippen LogP contribution in [0.15, 0.2) is 47.7 Å². The highest BCUT2D eigenvalue weighted by atomic mass is 16.2. The molecule has 1 aliphatic rings. The van der Waals surface area contributed by atoms with E-state index >= 15 is 0 Å². The number of hydrogen-bond acceptors (Lipinski definition) is 6. The van der Waals surface area contributed by atoms with Crippen LogP contribution >= 0.6 is 0 Å². The molecule has 0 spiro atoms. The van der Waals surface area contributed by atoms with E-state index in [4.69, 9.17) is 11.4 Å². The Labute approximate surface area is 230 Å². The normalized spacial score (nSPS) is 14.8. The Hall–Kier alpha value is -5.04. The summed E-state index contributed by atoms with van der Waals surface area (Å²) in [6.07, 6.45) is 9.27. The first-order valence-corrected chi connectivity index (χ1v) is 13.0. The summed E-state index contributed by atoms with van der Waals surface area (Å²) >= 11 is 0. The van der Waals surface area contributed by atoms with E-state index in [9.17, 15) is 9.59 Å². The molecule has 5 aromatic rings. The van der Waals surface area contributed by atoms with Crippen LogP contribution in [0.3, 0.4) is 0 Å². The number of benzene rings is 1. The summed E-state index contributed by atoms with van der Waals surface area (Å²) in [6.45, 7) is 7.84. The molecule has 4 aromatic heterocycles. The van der Waals surface area contributed by atoms with E-state index in [1.54, 1.807) is 38.8 Å². The molecule has 200 valence electrons. The zero-order valence-corrected chi connectivity index (χ0v) is 23.0. The van der Waals surface area contributed by atoms with Gasteiger partial charge in [-0.05, 0) is 70.0 Å². The monoisotopic (exact) mass is 532 g/mol. The highest BCUT2D eigenvalue weighted by Crippen LogP contribution is 2.26. The number of aromatic nitrogens is 7. The number of imidazole rings is 1. The van der Waals surface area contributed by atoms with E-state index in [1.807, 2.05) is 57.5 Å². The minimum absolute atomic E-state index is 0.131. The molecule has 10 nitrogen and oxygen atoms in total. The zero-order valence-electron chi connectivity index (χ0n) is 23.0. The molecule has 10 heteroatoms. The predicted octanol–water partition coefficient (Wildman–Crippen LogP) is 3.19. The smallest absolute Gasteiger partial charge is 0.263 e. The highest BCUT2D eigenvalue weighted by molar-refractivity contribution is 5.95. The summed E-state index contributed by atoms with van der Waals surface area (Å²) in [6, 6.07) is 8.89. The van der Waals surface area contributed by atoms with Crippen molar-refractivity contribution in [3.05, 3.63) is 92.5 Å². The van der Waals surface area contributed by atoms with Crippen molar-refractivity contribution in [3.63, 3.8) is 0 Å². The van der Waals surface area contributed by atoms with Gasteiger partial charge >= 0.3 is 0 Å². The summed E-state index contributed by atoms with van der Waals surface area (Å²) < 4.78 is 5.03. The van der Waals surface area contributed by atoms with Crippen LogP contribution in [0.4, 0.5) is 0 Å². The number of nitrogens with zero attached hydrogens (tertiary/aromatic N) is 8. The van der Waals surface area contributed by atoms with Gasteiger partial charge in [-0.1, -0.05) is 5.92 Å². The summed E-state index contributed by atoms with van der Waals surface area (Å²) in [7, 11) is 1.87. The fraction of sp³-hybridized carbons (Fsp3) is 0.267. The fourth-order valence-corrected chi connectivity index (χ4v) is 5.38. The quantitative estimate of drug-likeness (QED) is 0.331. The van der Waals surface area contributed by atoms with E-state index in [0.717, 1.165) is 22.5 Å². The van der Waals surface area contributed by atoms with Crippen LogP contribution < -0.4 is 5.56 Å². The number of carbonyl (C=O) groups excluding carboxylic acids is 1. The Morgan fingerprint density at radius 3 is 2.62 bits per heavy atom. The molecule has 40 heavy (non-hydrogen) atoms. The summed E-state index contributed by atoms with van der Waals surface area (Å²) in [4.78, 5) is 43.5. The molecule has 0 bridgehead atoms. The maximum absolute atomic E-state index is 14.2. The van der Waals surface area contributed by atoms with Gasteiger partial charge in [0.2, 0.25) is 5.95 Å². The molecule has 5 heterocycles. The van der Waals surface area contributed by atoms with Gasteiger partial charge in [-0.2, -0.15) is 5.10 Å². The Bertz CT molecular complexity index is 1940. The molecule has 1 aliphatic heterocycles. The lowest BCUT2D eigenvalue weighted by Gasteiger charge is -2.34. The Morgan fingerprint density at radius 2 is 1.93 bits per heavy atom. The van der Waals surface area contributed by atoms with Crippen molar-refractivity contribution < 1.29 is 4.79 Å². The van der Waals surface area contributed by atoms with E-state index < -0.39 is 0 Å². The van der Waals surface area contributed by atoms with Gasteiger partial charge in [0.05, 0.1) is 36.1 Å². The van der Waals surface area contributed by atoms with Gasteiger partial charge in [-0.15, -0.1) is 6.42 Å². The number of amides is 1. The molecule has 1 aromatic carbocycles. The van der Waals surface area contributed by atoms with Crippen LogP contribution in [0.25, 0.3) is 22.8 Å². The third kappa shape index (κ3) is 3.98. The largest absolute Gasteiger partial charge is 0.330 e. The lowest BCUT2D eigenvalue weighted by atomic mass is 9.97. The molecule has 0 saturated heterocycles. The Morgan fingerprint density at radius 1 is 1.12 bits per heavy atom. The van der Waals surface area contributed by atoms with E-state index in [0.29, 0.717) is 46.0 Å². The van der Waals surface area contributed by atoms with Crippen LogP contribution in [-0.2, 0) is 20.0 Å². The lowest BCUT2D eigenvalue weighted by molar-refractivity contribution is 0.0653. The lowest BCUT2D eigenvalue weighted by Crippen LogP contribution is -2.46. The van der Waals surface area contributed by atoms with Gasteiger partial charge in [-0.25, -0.2) is 24.2 Å². The van der Waals surface area contributed by atoms with E-state index in [1.165, 1.54) is 0 Å². The SMILES string of the molecule is C#Cc1ccc(C(=O)N2Cc3nc(-n4nc(C)cc4C)n(-c4cnc5c(c4)ncn5C)c(=O)c3CC2C)cc1C. The third-order valence-electron chi connectivity index (χ3n) is 7.48. The summed E-state index contributed by atoms with van der Waals surface area (Å²) in [5.74, 6) is 2.84. The standard InChI is InChI=1S/C30H28N8O2/c1-7-21-8-9-22(10-17(21)2)28(39)36-15-26-24(12-19(36)4)29(40)37(30(33-26)38-20(5)11-18(3)34-38)23-13-25-27(31-14-23)35(6)16-32-25/h1,8-11,13-14,16,19H,12,15H2,2-6H3. The molecule has 0 radical (unpaired) electrons. The van der Waals surface area contributed by atoms with Gasteiger partial charge in [0.1, 0.15) is 5.52 Å².